The molecule has 2 heterocycles. The van der Waals surface area contributed by atoms with Crippen molar-refractivity contribution in [3.63, 3.8) is 0 Å². The van der Waals surface area contributed by atoms with Crippen molar-refractivity contribution in [3.8, 4) is 0 Å². The minimum Gasteiger partial charge on any atom is -0.394 e. The van der Waals surface area contributed by atoms with Crippen LogP contribution in [0.4, 0.5) is 0 Å². The third-order valence-corrected chi connectivity index (χ3v) is 9.50. The maximum Gasteiger partial charge on any atom is 0.134 e. The lowest BCUT2D eigenvalue weighted by Gasteiger charge is -2.33. The Kier molecular flexibility index (Phi) is 20.1. The molecule has 240 valence electrons. The Morgan fingerprint density at radius 1 is 0.756 bits per heavy atom. The van der Waals surface area contributed by atoms with Crippen LogP contribution in [0.15, 0.2) is 0 Å². The summed E-state index contributed by atoms with van der Waals surface area (Å²) in [5, 5.41) is 19.2. The molecule has 0 aromatic carbocycles. The summed E-state index contributed by atoms with van der Waals surface area (Å²) >= 11 is 0. The van der Waals surface area contributed by atoms with Crippen molar-refractivity contribution in [2.24, 2.45) is 11.8 Å². The number of hydrogen-bond donors (Lipinski definition) is 2. The van der Waals surface area contributed by atoms with Crippen molar-refractivity contribution < 1.29 is 19.8 Å². The van der Waals surface area contributed by atoms with E-state index in [-0.39, 0.29) is 12.4 Å². The van der Waals surface area contributed by atoms with Crippen LogP contribution in [0.5, 0.6) is 0 Å². The topological polar surface area (TPSA) is 84.3 Å². The number of Topliss-reactive ketones (excluding diaryl/α,β-unsaturated/α-hetero) is 2. The lowest BCUT2D eigenvalue weighted by molar-refractivity contribution is -0.119. The largest absolute Gasteiger partial charge is 0.394 e. The number of aliphatic hydroxyl groups is 2. The SMILES string of the molecule is CCCN1CCC(CCCC2CCN(CCC(=O)CCCCN(CCCCCCC(C)=O)CC(O)CO)CC2)CC1. The molecule has 1 atom stereocenters. The van der Waals surface area contributed by atoms with Gasteiger partial charge in [0.25, 0.3) is 0 Å². The lowest BCUT2D eigenvalue weighted by atomic mass is 9.87. The summed E-state index contributed by atoms with van der Waals surface area (Å²) < 4.78 is 0. The number of ketones is 2. The van der Waals surface area contributed by atoms with Gasteiger partial charge in [-0.1, -0.05) is 39.0 Å². The summed E-state index contributed by atoms with van der Waals surface area (Å²) in [6.07, 6.45) is 18.1. The molecule has 1 unspecified atom stereocenters. The Morgan fingerprint density at radius 3 is 1.85 bits per heavy atom. The molecule has 0 spiro atoms. The second-order valence-corrected chi connectivity index (χ2v) is 13.2. The molecule has 41 heavy (non-hydrogen) atoms. The van der Waals surface area contributed by atoms with Gasteiger partial charge in [0.2, 0.25) is 0 Å². The van der Waals surface area contributed by atoms with Crippen molar-refractivity contribution >= 4 is 11.6 Å². The highest BCUT2D eigenvalue weighted by Gasteiger charge is 2.22. The molecule has 0 aromatic rings. The average molecular weight is 580 g/mol. The third kappa shape index (κ3) is 17.8. The first-order valence-electron chi connectivity index (χ1n) is 17.4. The second kappa shape index (κ2) is 22.6. The number of rotatable bonds is 24. The first-order valence-corrected chi connectivity index (χ1v) is 17.4. The lowest BCUT2D eigenvalue weighted by Crippen LogP contribution is -2.36. The van der Waals surface area contributed by atoms with Crippen LogP contribution in [0.1, 0.15) is 123 Å². The molecule has 0 bridgehead atoms. The fourth-order valence-corrected chi connectivity index (χ4v) is 6.79. The number of aliphatic hydroxyl groups excluding tert-OH is 2. The summed E-state index contributed by atoms with van der Waals surface area (Å²) in [4.78, 5) is 31.0. The Balaban J connectivity index is 1.49. The molecular weight excluding hydrogens is 514 g/mol. The molecule has 0 saturated carbocycles. The Bertz CT molecular complexity index is 675. The molecule has 2 aliphatic rings. The van der Waals surface area contributed by atoms with Gasteiger partial charge >= 0.3 is 0 Å². The predicted octanol–water partition coefficient (Wildman–Crippen LogP) is 5.31. The van der Waals surface area contributed by atoms with E-state index in [0.717, 1.165) is 83.1 Å². The van der Waals surface area contributed by atoms with Crippen LogP contribution in [-0.4, -0.2) is 108 Å². The molecule has 2 saturated heterocycles. The van der Waals surface area contributed by atoms with Crippen LogP contribution in [0.2, 0.25) is 0 Å². The highest BCUT2D eigenvalue weighted by atomic mass is 16.3. The van der Waals surface area contributed by atoms with Crippen molar-refractivity contribution in [1.29, 1.82) is 0 Å². The molecule has 7 nitrogen and oxygen atoms in total. The minimum absolute atomic E-state index is 0.219. The number of piperidine rings is 2. The number of nitrogens with zero attached hydrogens (tertiary/aromatic N) is 3. The van der Waals surface area contributed by atoms with Crippen LogP contribution in [-0.2, 0) is 9.59 Å². The van der Waals surface area contributed by atoms with Crippen molar-refractivity contribution in [2.45, 2.75) is 129 Å². The quantitative estimate of drug-likeness (QED) is 0.150. The maximum atomic E-state index is 12.5. The Labute approximate surface area is 252 Å². The van der Waals surface area contributed by atoms with Gasteiger partial charge in [0.05, 0.1) is 12.7 Å². The zero-order chi connectivity index (χ0) is 29.7. The van der Waals surface area contributed by atoms with E-state index in [1.165, 1.54) is 71.0 Å². The van der Waals surface area contributed by atoms with Gasteiger partial charge in [-0.2, -0.15) is 0 Å². The summed E-state index contributed by atoms with van der Waals surface area (Å²) in [5.74, 6) is 2.48. The third-order valence-electron chi connectivity index (χ3n) is 9.50. The van der Waals surface area contributed by atoms with Gasteiger partial charge < -0.3 is 29.7 Å². The van der Waals surface area contributed by atoms with Gasteiger partial charge in [-0.15, -0.1) is 0 Å². The minimum atomic E-state index is -0.716. The van der Waals surface area contributed by atoms with Crippen molar-refractivity contribution in [3.05, 3.63) is 0 Å². The van der Waals surface area contributed by atoms with E-state index >= 15 is 0 Å². The summed E-state index contributed by atoms with van der Waals surface area (Å²) in [5.41, 5.74) is 0. The van der Waals surface area contributed by atoms with Gasteiger partial charge in [-0.05, 0) is 122 Å². The molecule has 2 aliphatic heterocycles. The van der Waals surface area contributed by atoms with E-state index < -0.39 is 6.10 Å². The van der Waals surface area contributed by atoms with Gasteiger partial charge in [0, 0.05) is 32.4 Å². The van der Waals surface area contributed by atoms with E-state index in [4.69, 9.17) is 0 Å². The normalized spacial score (nSPS) is 18.8. The van der Waals surface area contributed by atoms with Crippen LogP contribution < -0.4 is 0 Å². The van der Waals surface area contributed by atoms with Gasteiger partial charge in [0.1, 0.15) is 11.6 Å². The molecule has 2 N–H and O–H groups in total. The molecule has 7 heteroatoms. The van der Waals surface area contributed by atoms with E-state index in [1.54, 1.807) is 6.92 Å². The molecular formula is C34H65N3O4. The molecule has 0 aromatic heterocycles. The van der Waals surface area contributed by atoms with E-state index in [0.29, 0.717) is 31.6 Å². The van der Waals surface area contributed by atoms with Crippen molar-refractivity contribution in [1.82, 2.24) is 14.7 Å². The van der Waals surface area contributed by atoms with Gasteiger partial charge in [0.15, 0.2) is 0 Å². The van der Waals surface area contributed by atoms with E-state index in [1.807, 2.05) is 0 Å². The number of hydrogen-bond acceptors (Lipinski definition) is 7. The van der Waals surface area contributed by atoms with Crippen LogP contribution >= 0.6 is 0 Å². The monoisotopic (exact) mass is 579 g/mol. The van der Waals surface area contributed by atoms with Crippen molar-refractivity contribution in [2.75, 3.05) is 65.5 Å². The van der Waals surface area contributed by atoms with Crippen LogP contribution in [0.3, 0.4) is 0 Å². The average Bonchev–Trinajstić information content (AvgIpc) is 2.97. The second-order valence-electron chi connectivity index (χ2n) is 13.2. The Morgan fingerprint density at radius 2 is 1.29 bits per heavy atom. The molecule has 2 fully saturated rings. The molecule has 2 rings (SSSR count). The van der Waals surface area contributed by atoms with E-state index in [9.17, 15) is 19.8 Å². The highest BCUT2D eigenvalue weighted by Crippen LogP contribution is 2.27. The number of carbonyl (C=O) groups excluding carboxylic acids is 2. The first kappa shape index (κ1) is 36.3. The smallest absolute Gasteiger partial charge is 0.134 e. The molecule has 0 amide bonds. The number of carbonyl (C=O) groups is 2. The fourth-order valence-electron chi connectivity index (χ4n) is 6.79. The first-order chi connectivity index (χ1) is 19.9. The fraction of sp³-hybridized carbons (Fsp3) is 0.941. The van der Waals surface area contributed by atoms with Crippen LogP contribution in [0.25, 0.3) is 0 Å². The predicted molar refractivity (Wildman–Crippen MR) is 169 cm³/mol. The standard InChI is InChI=1S/C34H65N3O4/c1-3-20-35-23-15-31(16-24-35)12-10-13-32-17-25-36(26-18-32)27-19-33(40)14-7-9-22-37(28-34(41)29-38)21-8-5-4-6-11-30(2)39/h31-32,34,38,41H,3-29H2,1-2H3. The molecule has 0 aliphatic carbocycles. The summed E-state index contributed by atoms with van der Waals surface area (Å²) in [7, 11) is 0. The van der Waals surface area contributed by atoms with Gasteiger partial charge in [-0.3, -0.25) is 4.79 Å². The zero-order valence-corrected chi connectivity index (χ0v) is 26.9. The highest BCUT2D eigenvalue weighted by molar-refractivity contribution is 5.78. The summed E-state index contributed by atoms with van der Waals surface area (Å²) in [6, 6.07) is 0. The van der Waals surface area contributed by atoms with E-state index in [2.05, 4.69) is 21.6 Å². The molecule has 0 radical (unpaired) electrons. The maximum absolute atomic E-state index is 12.5. The zero-order valence-electron chi connectivity index (χ0n) is 26.9. The van der Waals surface area contributed by atoms with Gasteiger partial charge in [-0.25, -0.2) is 0 Å². The van der Waals surface area contributed by atoms with Crippen LogP contribution in [0, 0.1) is 11.8 Å². The Hall–Kier alpha value is -0.860. The number of likely N-dealkylation sites (tertiary alicyclic amines) is 2. The number of unbranched alkanes of at least 4 members (excludes halogenated alkanes) is 4. The summed E-state index contributed by atoms with van der Waals surface area (Å²) in [6.45, 7) is 13.1.